The van der Waals surface area contributed by atoms with Crippen LogP contribution in [0.3, 0.4) is 0 Å². The van der Waals surface area contributed by atoms with Crippen LogP contribution in [0.15, 0.2) is 23.2 Å². The summed E-state index contributed by atoms with van der Waals surface area (Å²) in [6.45, 7) is 0. The molecule has 0 aliphatic rings. The van der Waals surface area contributed by atoms with Gasteiger partial charge in [-0.05, 0) is 12.1 Å². The van der Waals surface area contributed by atoms with Crippen LogP contribution in [0.4, 0.5) is 13.2 Å². The van der Waals surface area contributed by atoms with Gasteiger partial charge in [-0.2, -0.15) is 13.2 Å². The number of alkyl halides is 3. The number of halogens is 3. The first-order chi connectivity index (χ1) is 5.91. The van der Waals surface area contributed by atoms with E-state index >= 15 is 0 Å². The number of rotatable bonds is 1. The molecule has 1 heterocycles. The Morgan fingerprint density at radius 3 is 2.46 bits per heavy atom. The molecule has 1 unspecified atom stereocenters. The first-order valence-electron chi connectivity index (χ1n) is 3.29. The van der Waals surface area contributed by atoms with Gasteiger partial charge in [0.25, 0.3) is 0 Å². The molecule has 72 valence electrons. The molecule has 0 saturated carbocycles. The minimum absolute atomic E-state index is 0.0603. The molecule has 0 fully saturated rings. The Hall–Kier alpha value is -0.910. The highest BCUT2D eigenvalue weighted by atomic mass is 32.2. The summed E-state index contributed by atoms with van der Waals surface area (Å²) < 4.78 is 47.0. The Kier molecular flexibility index (Phi) is 2.70. The maximum atomic E-state index is 12.1. The Bertz CT molecular complexity index is 337. The van der Waals surface area contributed by atoms with Crippen LogP contribution in [-0.2, 0) is 17.0 Å². The molecule has 1 atom stereocenters. The van der Waals surface area contributed by atoms with E-state index in [1.54, 1.807) is 0 Å². The SMILES string of the molecule is CS(=O)c1cccc(C(F)(F)F)n1. The zero-order chi connectivity index (χ0) is 10.1. The maximum Gasteiger partial charge on any atom is 0.433 e. The Labute approximate surface area is 75.3 Å². The van der Waals surface area contributed by atoms with Gasteiger partial charge < -0.3 is 0 Å². The van der Waals surface area contributed by atoms with Crippen LogP contribution in [0.25, 0.3) is 0 Å². The summed E-state index contributed by atoms with van der Waals surface area (Å²) in [7, 11) is -1.49. The molecular formula is C7H6F3NOS. The van der Waals surface area contributed by atoms with Crippen LogP contribution >= 0.6 is 0 Å². The van der Waals surface area contributed by atoms with Crippen molar-refractivity contribution in [3.8, 4) is 0 Å². The largest absolute Gasteiger partial charge is 0.433 e. The van der Waals surface area contributed by atoms with Gasteiger partial charge in [0.1, 0.15) is 10.7 Å². The fourth-order valence-electron chi connectivity index (χ4n) is 0.733. The molecule has 13 heavy (non-hydrogen) atoms. The highest BCUT2D eigenvalue weighted by Gasteiger charge is 2.32. The second-order valence-electron chi connectivity index (χ2n) is 2.31. The Balaban J connectivity index is 3.13. The van der Waals surface area contributed by atoms with E-state index in [1.807, 2.05) is 0 Å². The highest BCUT2D eigenvalue weighted by Crippen LogP contribution is 2.27. The molecule has 0 aliphatic heterocycles. The van der Waals surface area contributed by atoms with Crippen LogP contribution in [0.5, 0.6) is 0 Å². The van der Waals surface area contributed by atoms with Gasteiger partial charge in [0.15, 0.2) is 0 Å². The fraction of sp³-hybridized carbons (Fsp3) is 0.286. The Morgan fingerprint density at radius 2 is 2.00 bits per heavy atom. The lowest BCUT2D eigenvalue weighted by Crippen LogP contribution is -2.09. The third-order valence-electron chi connectivity index (χ3n) is 1.31. The lowest BCUT2D eigenvalue weighted by molar-refractivity contribution is -0.141. The molecule has 0 bridgehead atoms. The molecule has 0 aliphatic carbocycles. The number of hydrogen-bond donors (Lipinski definition) is 0. The molecule has 1 aromatic heterocycles. The molecule has 0 N–H and O–H groups in total. The quantitative estimate of drug-likeness (QED) is 0.706. The van der Waals surface area contributed by atoms with Crippen LogP contribution < -0.4 is 0 Å². The molecule has 0 spiro atoms. The number of hydrogen-bond acceptors (Lipinski definition) is 2. The van der Waals surface area contributed by atoms with Crippen molar-refractivity contribution in [1.82, 2.24) is 4.98 Å². The van der Waals surface area contributed by atoms with Gasteiger partial charge in [0, 0.05) is 6.26 Å². The van der Waals surface area contributed by atoms with Crippen molar-refractivity contribution in [2.75, 3.05) is 6.26 Å². The third-order valence-corrected chi connectivity index (χ3v) is 2.12. The summed E-state index contributed by atoms with van der Waals surface area (Å²) in [5.41, 5.74) is -1.01. The lowest BCUT2D eigenvalue weighted by atomic mass is 10.3. The second kappa shape index (κ2) is 3.45. The zero-order valence-electron chi connectivity index (χ0n) is 6.63. The van der Waals surface area contributed by atoms with Gasteiger partial charge in [-0.1, -0.05) is 6.07 Å². The zero-order valence-corrected chi connectivity index (χ0v) is 7.45. The standard InChI is InChI=1S/C7H6F3NOS/c1-13(12)6-4-2-3-5(11-6)7(8,9)10/h2-4H,1H3. The van der Waals surface area contributed by atoms with E-state index < -0.39 is 22.7 Å². The van der Waals surface area contributed by atoms with Crippen molar-refractivity contribution in [3.05, 3.63) is 23.9 Å². The van der Waals surface area contributed by atoms with E-state index in [-0.39, 0.29) is 5.03 Å². The summed E-state index contributed by atoms with van der Waals surface area (Å²) in [5.74, 6) is 0. The molecule has 1 aromatic rings. The normalized spacial score (nSPS) is 14.2. The van der Waals surface area contributed by atoms with Crippen LogP contribution in [0, 0.1) is 0 Å². The van der Waals surface area contributed by atoms with Gasteiger partial charge in [-0.15, -0.1) is 0 Å². The van der Waals surface area contributed by atoms with Crippen LogP contribution in [0.1, 0.15) is 5.69 Å². The minimum Gasteiger partial charge on any atom is -0.253 e. The molecule has 1 rings (SSSR count). The van der Waals surface area contributed by atoms with E-state index in [0.717, 1.165) is 6.07 Å². The summed E-state index contributed by atoms with van der Waals surface area (Å²) >= 11 is 0. The molecule has 0 aromatic carbocycles. The van der Waals surface area contributed by atoms with Crippen molar-refractivity contribution < 1.29 is 17.4 Å². The maximum absolute atomic E-state index is 12.1. The highest BCUT2D eigenvalue weighted by molar-refractivity contribution is 7.84. The lowest BCUT2D eigenvalue weighted by Gasteiger charge is -2.05. The van der Waals surface area contributed by atoms with Crippen molar-refractivity contribution in [3.63, 3.8) is 0 Å². The summed E-state index contributed by atoms with van der Waals surface area (Å²) in [6.07, 6.45) is -3.20. The van der Waals surface area contributed by atoms with Crippen molar-refractivity contribution in [1.29, 1.82) is 0 Å². The van der Waals surface area contributed by atoms with Gasteiger partial charge in [-0.25, -0.2) is 4.98 Å². The number of aromatic nitrogens is 1. The predicted molar refractivity (Wildman–Crippen MR) is 41.6 cm³/mol. The van der Waals surface area contributed by atoms with Crippen LogP contribution in [0.2, 0.25) is 0 Å². The van der Waals surface area contributed by atoms with E-state index in [0.29, 0.717) is 0 Å². The second-order valence-corrected chi connectivity index (χ2v) is 3.64. The van der Waals surface area contributed by atoms with Crippen LogP contribution in [-0.4, -0.2) is 15.4 Å². The molecule has 6 heteroatoms. The van der Waals surface area contributed by atoms with Crippen molar-refractivity contribution >= 4 is 10.8 Å². The molecular weight excluding hydrogens is 203 g/mol. The number of pyridine rings is 1. The van der Waals surface area contributed by atoms with Gasteiger partial charge >= 0.3 is 6.18 Å². The monoisotopic (exact) mass is 209 g/mol. The molecule has 2 nitrogen and oxygen atoms in total. The van der Waals surface area contributed by atoms with E-state index in [9.17, 15) is 17.4 Å². The molecule has 0 radical (unpaired) electrons. The smallest absolute Gasteiger partial charge is 0.253 e. The van der Waals surface area contributed by atoms with Gasteiger partial charge in [-0.3, -0.25) is 4.21 Å². The average molecular weight is 209 g/mol. The van der Waals surface area contributed by atoms with Crippen molar-refractivity contribution in [2.45, 2.75) is 11.2 Å². The first kappa shape index (κ1) is 10.2. The Morgan fingerprint density at radius 1 is 1.38 bits per heavy atom. The van der Waals surface area contributed by atoms with E-state index in [2.05, 4.69) is 4.98 Å². The summed E-state index contributed by atoms with van der Waals surface area (Å²) in [6, 6.07) is 3.33. The first-order valence-corrected chi connectivity index (χ1v) is 4.85. The van der Waals surface area contributed by atoms with E-state index in [4.69, 9.17) is 0 Å². The predicted octanol–water partition coefficient (Wildman–Crippen LogP) is 1.84. The number of nitrogens with zero attached hydrogens (tertiary/aromatic N) is 1. The average Bonchev–Trinajstić information content (AvgIpc) is 2.03. The van der Waals surface area contributed by atoms with Gasteiger partial charge in [0.05, 0.1) is 10.8 Å². The van der Waals surface area contributed by atoms with E-state index in [1.165, 1.54) is 18.4 Å². The van der Waals surface area contributed by atoms with Gasteiger partial charge in [0.2, 0.25) is 0 Å². The topological polar surface area (TPSA) is 30.0 Å². The molecule has 0 amide bonds. The molecule has 0 saturated heterocycles. The summed E-state index contributed by atoms with van der Waals surface area (Å²) in [4.78, 5) is 3.22. The minimum atomic E-state index is -4.48. The summed E-state index contributed by atoms with van der Waals surface area (Å²) in [5, 5.41) is -0.0603. The van der Waals surface area contributed by atoms with Crippen molar-refractivity contribution in [2.24, 2.45) is 0 Å². The fourth-order valence-corrected chi connectivity index (χ4v) is 1.23. The third kappa shape index (κ3) is 2.51.